The summed E-state index contributed by atoms with van der Waals surface area (Å²) in [6.07, 6.45) is 0. The molecule has 0 bridgehead atoms. The van der Waals surface area contributed by atoms with E-state index in [1.54, 1.807) is 7.11 Å². The first kappa shape index (κ1) is 21.5. The molecule has 1 aliphatic heterocycles. The van der Waals surface area contributed by atoms with Crippen molar-refractivity contribution in [1.29, 1.82) is 0 Å². The molecule has 0 unspecified atom stereocenters. The van der Waals surface area contributed by atoms with Crippen molar-refractivity contribution in [2.24, 2.45) is 0 Å². The summed E-state index contributed by atoms with van der Waals surface area (Å²) < 4.78 is 40.3. The normalized spacial score (nSPS) is 13.1. The van der Waals surface area contributed by atoms with E-state index in [1.807, 2.05) is 17.8 Å². The first-order valence-electron chi connectivity index (χ1n) is 7.83. The number of hydrogen-bond donors (Lipinski definition) is 0. The number of ether oxygens (including phenoxy) is 1. The Balaban J connectivity index is 0.000000403. The highest BCUT2D eigenvalue weighted by atomic mass is 79.9. The maximum absolute atomic E-state index is 8.49. The van der Waals surface area contributed by atoms with Crippen molar-refractivity contribution in [3.8, 4) is 5.75 Å². The minimum Gasteiger partial charge on any atom is -0.496 e. The third kappa shape index (κ3) is 5.22. The van der Waals surface area contributed by atoms with Crippen molar-refractivity contribution < 1.29 is 33.6 Å². The number of fused-ring (bicyclic) bond motifs is 2. The Hall–Kier alpha value is -1.23. The van der Waals surface area contributed by atoms with Crippen LogP contribution in [-0.2, 0) is 10.9 Å². The second kappa shape index (κ2) is 9.06. The molecule has 3 aromatic rings. The van der Waals surface area contributed by atoms with Gasteiger partial charge in [-0.15, -0.1) is 10.2 Å². The number of halogens is 2. The van der Waals surface area contributed by atoms with Crippen molar-refractivity contribution in [2.45, 2.75) is 24.5 Å². The van der Waals surface area contributed by atoms with Gasteiger partial charge < -0.3 is 4.74 Å². The molecule has 0 aromatic heterocycles. The Labute approximate surface area is 180 Å². The van der Waals surface area contributed by atoms with E-state index < -0.39 is 10.2 Å². The van der Waals surface area contributed by atoms with Crippen LogP contribution in [0.2, 0.25) is 0 Å². The highest BCUT2D eigenvalue weighted by Gasteiger charge is 2.37. The summed E-state index contributed by atoms with van der Waals surface area (Å²) in [6, 6.07) is 23.8. The lowest BCUT2D eigenvalue weighted by molar-refractivity contribution is -2.00. The summed E-state index contributed by atoms with van der Waals surface area (Å²) in [7, 11) is -3.33. The van der Waals surface area contributed by atoms with Crippen molar-refractivity contribution in [3.05, 3.63) is 71.2 Å². The average molecular weight is 502 g/mol. The van der Waals surface area contributed by atoms with E-state index in [0.717, 1.165) is 10.2 Å². The van der Waals surface area contributed by atoms with Crippen LogP contribution >= 0.6 is 27.7 Å². The first-order chi connectivity index (χ1) is 13.3. The van der Waals surface area contributed by atoms with Gasteiger partial charge in [-0.2, -0.15) is 0 Å². The fraction of sp³-hybridized carbons (Fsp3) is 0.0526. The van der Waals surface area contributed by atoms with E-state index in [-0.39, 0.29) is 10.9 Å². The smallest absolute Gasteiger partial charge is 0.180 e. The van der Waals surface area contributed by atoms with Crippen molar-refractivity contribution in [2.75, 3.05) is 7.11 Å². The summed E-state index contributed by atoms with van der Waals surface area (Å²) in [5.74, 6) is 0.866. The van der Waals surface area contributed by atoms with Crippen molar-refractivity contribution in [3.63, 3.8) is 0 Å². The van der Waals surface area contributed by atoms with Gasteiger partial charge in [0.05, 0.1) is 21.4 Å². The minimum absolute atomic E-state index is 0.0848. The molecule has 0 N–H and O–H groups in total. The summed E-state index contributed by atoms with van der Waals surface area (Å²) in [5, 5.41) is 0. The highest BCUT2D eigenvalue weighted by Crippen LogP contribution is 2.48. The summed E-state index contributed by atoms with van der Waals surface area (Å²) in [5.41, 5.74) is 0. The highest BCUT2D eigenvalue weighted by molar-refractivity contribution is 9.10. The third-order valence-corrected chi connectivity index (χ3v) is 8.06. The van der Waals surface area contributed by atoms with E-state index in [2.05, 4.69) is 76.6 Å². The van der Waals surface area contributed by atoms with Gasteiger partial charge in [0, 0.05) is 6.07 Å². The number of rotatable bonds is 2. The van der Waals surface area contributed by atoms with Gasteiger partial charge in [-0.1, -0.05) is 36.0 Å². The van der Waals surface area contributed by atoms with Crippen LogP contribution < -0.4 is 23.4 Å². The van der Waals surface area contributed by atoms with Gasteiger partial charge in [0.1, 0.15) is 16.6 Å². The summed E-state index contributed by atoms with van der Waals surface area (Å²) in [4.78, 5) is 6.79. The van der Waals surface area contributed by atoms with Crippen molar-refractivity contribution >= 4 is 38.6 Å². The zero-order valence-electron chi connectivity index (χ0n) is 14.5. The Morgan fingerprint density at radius 1 is 0.857 bits per heavy atom. The molecule has 0 saturated carbocycles. The second-order valence-corrected chi connectivity index (χ2v) is 10.1. The predicted octanol–water partition coefficient (Wildman–Crippen LogP) is 1.26. The molecule has 28 heavy (non-hydrogen) atoms. The Bertz CT molecular complexity index is 929. The fourth-order valence-electron chi connectivity index (χ4n) is 2.67. The van der Waals surface area contributed by atoms with Gasteiger partial charge in [-0.3, -0.25) is 0 Å². The molecular formula is C19H14BrClO5S2. The minimum atomic E-state index is -4.94. The molecule has 9 heteroatoms. The van der Waals surface area contributed by atoms with Crippen LogP contribution in [0.5, 0.6) is 5.75 Å². The summed E-state index contributed by atoms with van der Waals surface area (Å²) in [6.45, 7) is 0. The zero-order valence-corrected chi connectivity index (χ0v) is 18.4. The molecule has 0 fully saturated rings. The predicted molar refractivity (Wildman–Crippen MR) is 99.9 cm³/mol. The lowest BCUT2D eigenvalue weighted by atomic mass is 10.3. The quantitative estimate of drug-likeness (QED) is 0.383. The molecule has 3 aromatic carbocycles. The monoisotopic (exact) mass is 500 g/mol. The topological polar surface area (TPSA) is 101 Å². The molecule has 1 aliphatic rings. The maximum Gasteiger partial charge on any atom is 0.180 e. The largest absolute Gasteiger partial charge is 0.496 e. The van der Waals surface area contributed by atoms with Gasteiger partial charge in [0.25, 0.3) is 0 Å². The van der Waals surface area contributed by atoms with Crippen LogP contribution in [0.1, 0.15) is 0 Å². The SMILES string of the molecule is COc1ccc([S+]2c3ccccc3Sc3ccccc32)cc1Br.[O-][Cl+3]([O-])([O-])[O-]. The van der Waals surface area contributed by atoms with Crippen LogP contribution in [0.15, 0.2) is 95.7 Å². The van der Waals surface area contributed by atoms with Gasteiger partial charge in [-0.05, 0) is 52.3 Å². The first-order valence-corrected chi connectivity index (χ1v) is 11.9. The lowest BCUT2D eigenvalue weighted by Crippen LogP contribution is -2.68. The fourth-order valence-corrected chi connectivity index (χ4v) is 7.13. The summed E-state index contributed by atoms with van der Waals surface area (Å²) >= 11 is 5.49. The molecular weight excluding hydrogens is 488 g/mol. The third-order valence-electron chi connectivity index (χ3n) is 3.72. The Kier molecular flexibility index (Phi) is 6.95. The Morgan fingerprint density at radius 2 is 1.36 bits per heavy atom. The van der Waals surface area contributed by atoms with Crippen LogP contribution in [0, 0.1) is 10.2 Å². The number of hydrogen-bond acceptors (Lipinski definition) is 6. The molecule has 0 amide bonds. The van der Waals surface area contributed by atoms with E-state index in [9.17, 15) is 0 Å². The lowest BCUT2D eigenvalue weighted by Gasteiger charge is -2.19. The van der Waals surface area contributed by atoms with Crippen LogP contribution in [0.3, 0.4) is 0 Å². The van der Waals surface area contributed by atoms with Gasteiger partial charge in [0.2, 0.25) is 0 Å². The van der Waals surface area contributed by atoms with E-state index in [0.29, 0.717) is 0 Å². The van der Waals surface area contributed by atoms with Crippen LogP contribution in [0.4, 0.5) is 0 Å². The molecule has 0 atom stereocenters. The molecule has 146 valence electrons. The molecule has 0 saturated heterocycles. The number of benzene rings is 3. The van der Waals surface area contributed by atoms with Gasteiger partial charge in [-0.25, -0.2) is 18.6 Å². The van der Waals surface area contributed by atoms with E-state index >= 15 is 0 Å². The zero-order chi connectivity index (χ0) is 20.3. The molecule has 5 nitrogen and oxygen atoms in total. The maximum atomic E-state index is 8.49. The average Bonchev–Trinajstić information content (AvgIpc) is 2.64. The second-order valence-electron chi connectivity index (χ2n) is 5.48. The number of methoxy groups -OCH3 is 1. The van der Waals surface area contributed by atoms with Crippen LogP contribution in [0.25, 0.3) is 0 Å². The molecule has 4 rings (SSSR count). The Morgan fingerprint density at radius 3 is 1.82 bits per heavy atom. The van der Waals surface area contributed by atoms with Gasteiger partial charge in [0.15, 0.2) is 14.7 Å². The van der Waals surface area contributed by atoms with Gasteiger partial charge >= 0.3 is 0 Å². The van der Waals surface area contributed by atoms with Crippen molar-refractivity contribution in [1.82, 2.24) is 0 Å². The molecule has 0 spiro atoms. The van der Waals surface area contributed by atoms with Crippen LogP contribution in [-0.4, -0.2) is 7.11 Å². The standard InChI is InChI=1S/C19H14BrOS2.ClHO4/c1-21-15-11-10-13(12-14(15)20)23-18-8-4-2-6-16(18)22-17-7-3-5-9-19(17)23;2-1(3,4)5/h2-12H,1H3;(H,2,3,4,5)/q+1;/p-1. The van der Waals surface area contributed by atoms with E-state index in [4.69, 9.17) is 23.4 Å². The molecule has 1 heterocycles. The van der Waals surface area contributed by atoms with E-state index in [1.165, 1.54) is 24.5 Å². The molecule has 0 aliphatic carbocycles. The molecule has 0 radical (unpaired) electrons.